The Morgan fingerprint density at radius 1 is 1.50 bits per heavy atom. The third kappa shape index (κ3) is 4.42. The van der Waals surface area contributed by atoms with Gasteiger partial charge in [0.05, 0.1) is 5.75 Å². The lowest BCUT2D eigenvalue weighted by Gasteiger charge is -2.15. The topological polar surface area (TPSA) is 73.8 Å². The van der Waals surface area contributed by atoms with E-state index in [1.807, 2.05) is 0 Å². The van der Waals surface area contributed by atoms with Crippen molar-refractivity contribution in [2.45, 2.75) is 6.42 Å². The molecule has 1 heterocycles. The summed E-state index contributed by atoms with van der Waals surface area (Å²) in [5.74, 6) is 0.958. The standard InChI is InChI=1S/C8H18N4O2S.HI/c1-9-8(10-2)11-4-6-12-5-3-7-15(12,13)14;/h3-7H2,1-2H3,(H2,9,10,11);1H. The number of halogens is 1. The molecule has 16 heavy (non-hydrogen) atoms. The van der Waals surface area contributed by atoms with E-state index in [9.17, 15) is 8.42 Å². The van der Waals surface area contributed by atoms with Crippen LogP contribution in [0.4, 0.5) is 0 Å². The van der Waals surface area contributed by atoms with Gasteiger partial charge in [-0.1, -0.05) is 0 Å². The highest BCUT2D eigenvalue weighted by Gasteiger charge is 2.27. The summed E-state index contributed by atoms with van der Waals surface area (Å²) in [4.78, 5) is 3.93. The highest BCUT2D eigenvalue weighted by molar-refractivity contribution is 14.0. The number of nitrogens with one attached hydrogen (secondary N) is 2. The molecule has 6 nitrogen and oxygen atoms in total. The van der Waals surface area contributed by atoms with Crippen LogP contribution in [0.2, 0.25) is 0 Å². The van der Waals surface area contributed by atoms with Crippen molar-refractivity contribution < 1.29 is 8.42 Å². The maximum absolute atomic E-state index is 11.4. The predicted molar refractivity (Wildman–Crippen MR) is 75.8 cm³/mol. The van der Waals surface area contributed by atoms with Crippen LogP contribution in [0.1, 0.15) is 6.42 Å². The zero-order valence-corrected chi connectivity index (χ0v) is 12.7. The van der Waals surface area contributed by atoms with Crippen molar-refractivity contribution in [3.63, 3.8) is 0 Å². The summed E-state index contributed by atoms with van der Waals surface area (Å²) in [6, 6.07) is 0. The minimum absolute atomic E-state index is 0. The number of guanidine groups is 1. The van der Waals surface area contributed by atoms with Crippen molar-refractivity contribution in [3.05, 3.63) is 0 Å². The maximum atomic E-state index is 11.4. The quantitative estimate of drug-likeness (QED) is 0.401. The summed E-state index contributed by atoms with van der Waals surface area (Å²) in [7, 11) is 0.472. The summed E-state index contributed by atoms with van der Waals surface area (Å²) < 4.78 is 24.4. The van der Waals surface area contributed by atoms with E-state index >= 15 is 0 Å². The van der Waals surface area contributed by atoms with E-state index in [0.29, 0.717) is 25.6 Å². The molecule has 8 heteroatoms. The molecule has 0 saturated carbocycles. The molecule has 96 valence electrons. The molecule has 0 aromatic carbocycles. The van der Waals surface area contributed by atoms with Gasteiger partial charge >= 0.3 is 0 Å². The molecule has 0 amide bonds. The van der Waals surface area contributed by atoms with Crippen LogP contribution >= 0.6 is 24.0 Å². The molecule has 0 aromatic rings. The summed E-state index contributed by atoms with van der Waals surface area (Å²) in [5.41, 5.74) is 0. The lowest BCUT2D eigenvalue weighted by atomic mass is 10.5. The Balaban J connectivity index is 0.00000225. The fourth-order valence-electron chi connectivity index (χ4n) is 1.52. The number of rotatable bonds is 3. The lowest BCUT2D eigenvalue weighted by molar-refractivity contribution is 0.445. The Bertz CT molecular complexity index is 331. The SMILES string of the molecule is CN=C(NC)NCCN1CCCS1(=O)=O.I. The van der Waals surface area contributed by atoms with Crippen LogP contribution < -0.4 is 10.6 Å². The predicted octanol–water partition coefficient (Wildman–Crippen LogP) is -0.565. The van der Waals surface area contributed by atoms with E-state index in [0.717, 1.165) is 6.42 Å². The van der Waals surface area contributed by atoms with Crippen molar-refractivity contribution in [3.8, 4) is 0 Å². The molecular weight excluding hydrogens is 343 g/mol. The van der Waals surface area contributed by atoms with E-state index in [4.69, 9.17) is 0 Å². The third-order valence-corrected chi connectivity index (χ3v) is 4.27. The largest absolute Gasteiger partial charge is 0.359 e. The van der Waals surface area contributed by atoms with Crippen LogP contribution in [0.15, 0.2) is 4.99 Å². The van der Waals surface area contributed by atoms with Crippen LogP contribution in [0.3, 0.4) is 0 Å². The highest BCUT2D eigenvalue weighted by atomic mass is 127. The molecule has 0 aliphatic carbocycles. The van der Waals surface area contributed by atoms with Crippen molar-refractivity contribution >= 4 is 40.0 Å². The molecule has 1 rings (SSSR count). The minimum atomic E-state index is -2.97. The fraction of sp³-hybridized carbons (Fsp3) is 0.875. The molecule has 1 aliphatic heterocycles. The number of hydrogen-bond acceptors (Lipinski definition) is 3. The van der Waals surface area contributed by atoms with Crippen molar-refractivity contribution in [1.82, 2.24) is 14.9 Å². The Morgan fingerprint density at radius 2 is 2.19 bits per heavy atom. The first kappa shape index (κ1) is 15.9. The molecule has 0 aromatic heterocycles. The molecule has 0 spiro atoms. The lowest BCUT2D eigenvalue weighted by Crippen LogP contribution is -2.40. The summed E-state index contributed by atoms with van der Waals surface area (Å²) in [6.07, 6.45) is 0.739. The second-order valence-corrected chi connectivity index (χ2v) is 5.41. The first-order valence-corrected chi connectivity index (χ1v) is 6.57. The molecule has 0 radical (unpaired) electrons. The van der Waals surface area contributed by atoms with E-state index in [2.05, 4.69) is 15.6 Å². The molecule has 1 saturated heterocycles. The van der Waals surface area contributed by atoms with Gasteiger partial charge in [-0.3, -0.25) is 4.99 Å². The second kappa shape index (κ2) is 7.28. The van der Waals surface area contributed by atoms with Gasteiger partial charge in [0.2, 0.25) is 10.0 Å². The van der Waals surface area contributed by atoms with Gasteiger partial charge in [-0.15, -0.1) is 24.0 Å². The van der Waals surface area contributed by atoms with Crippen molar-refractivity contribution in [2.24, 2.45) is 4.99 Å². The minimum Gasteiger partial charge on any atom is -0.359 e. The Morgan fingerprint density at radius 3 is 2.62 bits per heavy atom. The average molecular weight is 362 g/mol. The number of sulfonamides is 1. The van der Waals surface area contributed by atoms with Gasteiger partial charge in [0, 0.05) is 33.7 Å². The molecule has 1 fully saturated rings. The zero-order chi connectivity index (χ0) is 11.3. The van der Waals surface area contributed by atoms with Gasteiger partial charge in [0.15, 0.2) is 5.96 Å². The molecule has 0 bridgehead atoms. The molecular formula is C8H19IN4O2S. The molecule has 1 aliphatic rings. The monoisotopic (exact) mass is 362 g/mol. The van der Waals surface area contributed by atoms with E-state index < -0.39 is 10.0 Å². The number of nitrogens with zero attached hydrogens (tertiary/aromatic N) is 2. The maximum Gasteiger partial charge on any atom is 0.214 e. The smallest absolute Gasteiger partial charge is 0.214 e. The average Bonchev–Trinajstić information content (AvgIpc) is 2.53. The van der Waals surface area contributed by atoms with E-state index in [1.54, 1.807) is 14.1 Å². The number of aliphatic imine (C=N–C) groups is 1. The third-order valence-electron chi connectivity index (χ3n) is 2.32. The van der Waals surface area contributed by atoms with Gasteiger partial charge in [0.25, 0.3) is 0 Å². The van der Waals surface area contributed by atoms with Crippen LogP contribution in [0, 0.1) is 0 Å². The summed E-state index contributed by atoms with van der Waals surface area (Å²) in [6.45, 7) is 1.72. The van der Waals surface area contributed by atoms with Crippen molar-refractivity contribution in [1.29, 1.82) is 0 Å². The first-order valence-electron chi connectivity index (χ1n) is 4.96. The zero-order valence-electron chi connectivity index (χ0n) is 9.56. The van der Waals surface area contributed by atoms with Gasteiger partial charge < -0.3 is 10.6 Å². The number of hydrogen-bond donors (Lipinski definition) is 2. The Kier molecular flexibility index (Phi) is 7.24. The summed E-state index contributed by atoms with van der Waals surface area (Å²) >= 11 is 0. The first-order chi connectivity index (χ1) is 7.10. The molecule has 2 N–H and O–H groups in total. The van der Waals surface area contributed by atoms with E-state index in [1.165, 1.54) is 4.31 Å². The van der Waals surface area contributed by atoms with Gasteiger partial charge in [-0.25, -0.2) is 12.7 Å². The van der Waals surface area contributed by atoms with Crippen LogP contribution in [-0.4, -0.2) is 58.2 Å². The van der Waals surface area contributed by atoms with Gasteiger partial charge in [0.1, 0.15) is 0 Å². The normalized spacial score (nSPS) is 20.2. The summed E-state index contributed by atoms with van der Waals surface area (Å²) in [5, 5.41) is 5.89. The van der Waals surface area contributed by atoms with Crippen LogP contribution in [0.5, 0.6) is 0 Å². The Hall–Kier alpha value is -0.0900. The van der Waals surface area contributed by atoms with Crippen LogP contribution in [0.25, 0.3) is 0 Å². The second-order valence-electron chi connectivity index (χ2n) is 3.32. The molecule has 0 atom stereocenters. The van der Waals surface area contributed by atoms with E-state index in [-0.39, 0.29) is 29.7 Å². The Labute approximate surface area is 114 Å². The fourth-order valence-corrected chi connectivity index (χ4v) is 3.05. The van der Waals surface area contributed by atoms with Gasteiger partial charge in [-0.2, -0.15) is 0 Å². The molecule has 0 unspecified atom stereocenters. The van der Waals surface area contributed by atoms with Crippen LogP contribution in [-0.2, 0) is 10.0 Å². The van der Waals surface area contributed by atoms with Gasteiger partial charge in [-0.05, 0) is 6.42 Å². The highest BCUT2D eigenvalue weighted by Crippen LogP contribution is 2.11. The van der Waals surface area contributed by atoms with Crippen molar-refractivity contribution in [2.75, 3.05) is 39.5 Å².